The highest BCUT2D eigenvalue weighted by atomic mass is 32.2. The Morgan fingerprint density at radius 1 is 1.31 bits per heavy atom. The fourth-order valence-corrected chi connectivity index (χ4v) is 3.66. The number of nitrogens with zero attached hydrogens (tertiary/aromatic N) is 1. The number of fused-ring (bicyclic) bond motifs is 1. The van der Waals surface area contributed by atoms with Gasteiger partial charge < -0.3 is 14.2 Å². The van der Waals surface area contributed by atoms with Gasteiger partial charge in [0.1, 0.15) is 11.5 Å². The van der Waals surface area contributed by atoms with Gasteiger partial charge in [0, 0.05) is 17.9 Å². The first-order valence-electron chi connectivity index (χ1n) is 9.14. The van der Waals surface area contributed by atoms with Crippen LogP contribution in [0.1, 0.15) is 29.3 Å². The largest absolute Gasteiger partial charge is 0.493 e. The van der Waals surface area contributed by atoms with E-state index in [0.717, 1.165) is 22.8 Å². The van der Waals surface area contributed by atoms with Crippen molar-refractivity contribution in [2.24, 2.45) is 0 Å². The number of rotatable bonds is 8. The van der Waals surface area contributed by atoms with E-state index in [4.69, 9.17) is 14.2 Å². The molecule has 0 atom stereocenters. The summed E-state index contributed by atoms with van der Waals surface area (Å²) in [7, 11) is 1.37. The van der Waals surface area contributed by atoms with Gasteiger partial charge in [0.15, 0.2) is 11.5 Å². The average Bonchev–Trinajstić information content (AvgIpc) is 2.75. The second kappa shape index (κ2) is 9.47. The molecule has 1 aliphatic rings. The summed E-state index contributed by atoms with van der Waals surface area (Å²) in [5.74, 6) is 1.94. The second-order valence-corrected chi connectivity index (χ2v) is 7.36. The van der Waals surface area contributed by atoms with E-state index in [-0.39, 0.29) is 17.2 Å². The maximum absolute atomic E-state index is 12.9. The maximum atomic E-state index is 12.9. The molecule has 0 unspecified atom stereocenters. The van der Waals surface area contributed by atoms with Crippen LogP contribution in [0.2, 0.25) is 0 Å². The predicted molar refractivity (Wildman–Crippen MR) is 111 cm³/mol. The molecule has 0 aromatic heterocycles. The zero-order chi connectivity index (χ0) is 20.8. The molecule has 0 bridgehead atoms. The molecule has 29 heavy (non-hydrogen) atoms. The van der Waals surface area contributed by atoms with Crippen molar-refractivity contribution >= 4 is 29.3 Å². The van der Waals surface area contributed by atoms with E-state index in [1.807, 2.05) is 6.92 Å². The molecule has 1 heterocycles. The van der Waals surface area contributed by atoms with E-state index in [1.165, 1.54) is 25.3 Å². The van der Waals surface area contributed by atoms with Crippen LogP contribution in [-0.2, 0) is 0 Å². The van der Waals surface area contributed by atoms with Crippen molar-refractivity contribution in [1.29, 1.82) is 0 Å². The number of nitro benzene ring substituents is 1. The third kappa shape index (κ3) is 4.89. The highest BCUT2D eigenvalue weighted by molar-refractivity contribution is 7.99. The molecular formula is C21H21NO6S. The van der Waals surface area contributed by atoms with Crippen LogP contribution in [0.25, 0.3) is 6.08 Å². The van der Waals surface area contributed by atoms with Gasteiger partial charge in [-0.3, -0.25) is 14.9 Å². The lowest BCUT2D eigenvalue weighted by Crippen LogP contribution is -2.10. The lowest BCUT2D eigenvalue weighted by Gasteiger charge is -2.19. The monoisotopic (exact) mass is 415 g/mol. The molecular weight excluding hydrogens is 394 g/mol. The summed E-state index contributed by atoms with van der Waals surface area (Å²) in [6.07, 6.45) is 3.74. The zero-order valence-corrected chi connectivity index (χ0v) is 17.0. The summed E-state index contributed by atoms with van der Waals surface area (Å²) in [6.45, 7) is 3.09. The molecule has 0 spiro atoms. The number of nitro groups is 1. The molecule has 0 radical (unpaired) electrons. The van der Waals surface area contributed by atoms with Gasteiger partial charge in [0.25, 0.3) is 0 Å². The topological polar surface area (TPSA) is 87.9 Å². The number of carbonyl (C=O) groups excluding carboxylic acids is 1. The van der Waals surface area contributed by atoms with E-state index in [9.17, 15) is 14.9 Å². The summed E-state index contributed by atoms with van der Waals surface area (Å²) in [5.41, 5.74) is 0.809. The highest BCUT2D eigenvalue weighted by Crippen LogP contribution is 2.39. The Bertz CT molecular complexity index is 956. The number of ketones is 1. The molecule has 0 aliphatic carbocycles. The molecule has 3 rings (SSSR count). The van der Waals surface area contributed by atoms with E-state index in [0.29, 0.717) is 30.1 Å². The van der Waals surface area contributed by atoms with Crippen molar-refractivity contribution in [3.05, 3.63) is 57.6 Å². The number of thioether (sulfide) groups is 1. The molecule has 0 amide bonds. The zero-order valence-electron chi connectivity index (χ0n) is 16.2. The van der Waals surface area contributed by atoms with E-state index in [2.05, 4.69) is 0 Å². The number of carbonyl (C=O) groups is 1. The van der Waals surface area contributed by atoms with E-state index >= 15 is 0 Å². The van der Waals surface area contributed by atoms with Crippen LogP contribution >= 0.6 is 11.8 Å². The molecule has 0 fully saturated rings. The quantitative estimate of drug-likeness (QED) is 0.265. The summed E-state index contributed by atoms with van der Waals surface area (Å²) < 4.78 is 16.4. The number of benzene rings is 2. The number of hydrogen-bond acceptors (Lipinski definition) is 7. The highest BCUT2D eigenvalue weighted by Gasteiger charge is 2.19. The van der Waals surface area contributed by atoms with Gasteiger partial charge in [-0.05, 0) is 30.2 Å². The second-order valence-electron chi connectivity index (χ2n) is 6.23. The Morgan fingerprint density at radius 3 is 2.86 bits per heavy atom. The first-order chi connectivity index (χ1) is 14.0. The molecule has 0 saturated carbocycles. The molecule has 2 aromatic carbocycles. The Kier molecular flexibility index (Phi) is 6.77. The molecule has 0 saturated heterocycles. The lowest BCUT2D eigenvalue weighted by atomic mass is 10.1. The molecule has 152 valence electrons. The molecule has 8 heteroatoms. The summed E-state index contributed by atoms with van der Waals surface area (Å²) in [4.78, 5) is 24.4. The number of methoxy groups -OCH3 is 1. The van der Waals surface area contributed by atoms with Crippen LogP contribution < -0.4 is 14.2 Å². The average molecular weight is 415 g/mol. The van der Waals surface area contributed by atoms with Gasteiger partial charge in [0.05, 0.1) is 35.7 Å². The Hall–Kier alpha value is -3.00. The van der Waals surface area contributed by atoms with Gasteiger partial charge in [-0.1, -0.05) is 19.1 Å². The Balaban J connectivity index is 1.90. The van der Waals surface area contributed by atoms with Crippen LogP contribution in [0, 0.1) is 10.1 Å². The lowest BCUT2D eigenvalue weighted by molar-refractivity contribution is -0.385. The standard InChI is InChI=1S/C21H21NO6S/c1-3-8-27-19-13-20-21(29-10-9-28-20)12-15(19)17(23)6-4-14-5-7-18(26-2)16(11-14)22(24)25/h4-7,11-13H,3,8-10H2,1-2H3/b6-4+. The van der Waals surface area contributed by atoms with Crippen molar-refractivity contribution in [2.45, 2.75) is 18.2 Å². The van der Waals surface area contributed by atoms with Gasteiger partial charge in [-0.25, -0.2) is 0 Å². The summed E-state index contributed by atoms with van der Waals surface area (Å²) >= 11 is 1.63. The van der Waals surface area contributed by atoms with E-state index < -0.39 is 4.92 Å². The minimum atomic E-state index is -0.518. The van der Waals surface area contributed by atoms with Crippen LogP contribution in [0.3, 0.4) is 0 Å². The van der Waals surface area contributed by atoms with Crippen LogP contribution in [0.5, 0.6) is 17.2 Å². The van der Waals surface area contributed by atoms with Gasteiger partial charge in [-0.15, -0.1) is 11.8 Å². The normalized spacial score (nSPS) is 12.9. The first kappa shape index (κ1) is 20.7. The summed E-state index contributed by atoms with van der Waals surface area (Å²) in [6, 6.07) is 8.07. The van der Waals surface area contributed by atoms with Crippen LogP contribution in [0.15, 0.2) is 41.3 Å². The van der Waals surface area contributed by atoms with Crippen molar-refractivity contribution in [3.8, 4) is 17.2 Å². The van der Waals surface area contributed by atoms with Crippen molar-refractivity contribution < 1.29 is 23.9 Å². The van der Waals surface area contributed by atoms with Gasteiger partial charge in [-0.2, -0.15) is 0 Å². The molecule has 2 aromatic rings. The maximum Gasteiger partial charge on any atom is 0.311 e. The fraction of sp³-hybridized carbons (Fsp3) is 0.286. The van der Waals surface area contributed by atoms with Gasteiger partial charge >= 0.3 is 5.69 Å². The fourth-order valence-electron chi connectivity index (χ4n) is 2.81. The SMILES string of the molecule is CCCOc1cc2c(cc1C(=O)/C=C/c1ccc(OC)c([N+](=O)[O-])c1)SCCO2. The number of allylic oxidation sites excluding steroid dienone is 1. The van der Waals surface area contributed by atoms with Crippen LogP contribution in [-0.4, -0.2) is 36.8 Å². The Morgan fingerprint density at radius 2 is 2.14 bits per heavy atom. The predicted octanol–water partition coefficient (Wildman–Crippen LogP) is 4.77. The Labute approximate surface area is 172 Å². The van der Waals surface area contributed by atoms with Crippen molar-refractivity contribution in [1.82, 2.24) is 0 Å². The van der Waals surface area contributed by atoms with Crippen molar-refractivity contribution in [2.75, 3.05) is 26.1 Å². The van der Waals surface area contributed by atoms with Gasteiger partial charge in [0.2, 0.25) is 0 Å². The molecule has 7 nitrogen and oxygen atoms in total. The third-order valence-corrected chi connectivity index (χ3v) is 5.20. The summed E-state index contributed by atoms with van der Waals surface area (Å²) in [5, 5.41) is 11.2. The molecule has 0 N–H and O–H groups in total. The van der Waals surface area contributed by atoms with E-state index in [1.54, 1.807) is 36.0 Å². The smallest absolute Gasteiger partial charge is 0.311 e. The molecule has 1 aliphatic heterocycles. The first-order valence-corrected chi connectivity index (χ1v) is 10.1. The van der Waals surface area contributed by atoms with Crippen molar-refractivity contribution in [3.63, 3.8) is 0 Å². The third-order valence-electron chi connectivity index (χ3n) is 4.20. The number of hydrogen-bond donors (Lipinski definition) is 0. The van der Waals surface area contributed by atoms with Crippen LogP contribution in [0.4, 0.5) is 5.69 Å². The minimum absolute atomic E-state index is 0.156. The minimum Gasteiger partial charge on any atom is -0.493 e. The number of ether oxygens (including phenoxy) is 3.